The number of nitrogens with one attached hydrogen (secondary N) is 1. The number of fused-ring (bicyclic) bond motifs is 1. The second kappa shape index (κ2) is 7.65. The molecule has 1 aliphatic rings. The van der Waals surface area contributed by atoms with Crippen LogP contribution in [0.2, 0.25) is 0 Å². The van der Waals surface area contributed by atoms with Gasteiger partial charge in [0.1, 0.15) is 15.7 Å². The molecule has 0 spiro atoms. The minimum atomic E-state index is -0.0206. The summed E-state index contributed by atoms with van der Waals surface area (Å²) < 4.78 is 0. The van der Waals surface area contributed by atoms with Crippen molar-refractivity contribution in [3.05, 3.63) is 31.6 Å². The van der Waals surface area contributed by atoms with Crippen LogP contribution in [0, 0.1) is 13.8 Å². The van der Waals surface area contributed by atoms with Gasteiger partial charge in [-0.1, -0.05) is 18.3 Å². The third-order valence-electron chi connectivity index (χ3n) is 5.02. The Balaban J connectivity index is 1.41. The Hall–Kier alpha value is -1.84. The molecule has 1 saturated heterocycles. The molecule has 0 bridgehead atoms. The molecule has 3 aromatic rings. The SMILES string of the molecule is CCCc1nnc(N2CCN(Cc3nc4sc(C)c(C)c4c(=O)[nH]3)CC2)s1. The van der Waals surface area contributed by atoms with Gasteiger partial charge in [-0.15, -0.1) is 21.5 Å². The van der Waals surface area contributed by atoms with Gasteiger partial charge in [0.25, 0.3) is 5.56 Å². The maximum Gasteiger partial charge on any atom is 0.259 e. The number of H-pyrrole nitrogens is 1. The Bertz CT molecular complexity index is 999. The Morgan fingerprint density at radius 3 is 2.63 bits per heavy atom. The Morgan fingerprint density at radius 1 is 1.11 bits per heavy atom. The first-order valence-electron chi connectivity index (χ1n) is 9.33. The predicted molar refractivity (Wildman–Crippen MR) is 111 cm³/mol. The summed E-state index contributed by atoms with van der Waals surface area (Å²) in [5.41, 5.74) is 1.02. The smallest absolute Gasteiger partial charge is 0.259 e. The van der Waals surface area contributed by atoms with Crippen molar-refractivity contribution < 1.29 is 0 Å². The number of piperazine rings is 1. The van der Waals surface area contributed by atoms with Gasteiger partial charge in [-0.3, -0.25) is 9.69 Å². The lowest BCUT2D eigenvalue weighted by atomic mass is 10.2. The quantitative estimate of drug-likeness (QED) is 0.704. The summed E-state index contributed by atoms with van der Waals surface area (Å²) in [4.78, 5) is 26.8. The fraction of sp³-hybridized carbons (Fsp3) is 0.556. The molecule has 27 heavy (non-hydrogen) atoms. The zero-order valence-electron chi connectivity index (χ0n) is 15.9. The van der Waals surface area contributed by atoms with Crippen molar-refractivity contribution in [2.24, 2.45) is 0 Å². The van der Waals surface area contributed by atoms with Crippen LogP contribution >= 0.6 is 22.7 Å². The molecule has 1 N–H and O–H groups in total. The van der Waals surface area contributed by atoms with E-state index in [-0.39, 0.29) is 5.56 Å². The van der Waals surface area contributed by atoms with Crippen LogP contribution < -0.4 is 10.5 Å². The number of aromatic amines is 1. The summed E-state index contributed by atoms with van der Waals surface area (Å²) in [6.45, 7) is 10.6. The average molecular weight is 405 g/mol. The number of aryl methyl sites for hydroxylation is 3. The third kappa shape index (κ3) is 3.76. The molecule has 0 atom stereocenters. The monoisotopic (exact) mass is 404 g/mol. The number of hydrogen-bond donors (Lipinski definition) is 1. The fourth-order valence-corrected chi connectivity index (χ4v) is 5.41. The van der Waals surface area contributed by atoms with Crippen LogP contribution in [-0.4, -0.2) is 51.2 Å². The van der Waals surface area contributed by atoms with Crippen molar-refractivity contribution in [1.29, 1.82) is 0 Å². The fourth-order valence-electron chi connectivity index (χ4n) is 3.37. The first-order valence-corrected chi connectivity index (χ1v) is 11.0. The van der Waals surface area contributed by atoms with Crippen molar-refractivity contribution in [2.45, 2.75) is 40.2 Å². The number of hydrogen-bond acceptors (Lipinski definition) is 8. The van der Waals surface area contributed by atoms with Crippen molar-refractivity contribution >= 4 is 38.0 Å². The Kier molecular flexibility index (Phi) is 5.25. The lowest BCUT2D eigenvalue weighted by molar-refractivity contribution is 0.244. The van der Waals surface area contributed by atoms with Gasteiger partial charge >= 0.3 is 0 Å². The summed E-state index contributed by atoms with van der Waals surface area (Å²) in [7, 11) is 0. The third-order valence-corrected chi connectivity index (χ3v) is 7.17. The minimum Gasteiger partial charge on any atom is -0.344 e. The van der Waals surface area contributed by atoms with E-state index in [2.05, 4.69) is 31.9 Å². The predicted octanol–water partition coefficient (Wildman–Crippen LogP) is 2.73. The number of nitrogens with zero attached hydrogens (tertiary/aromatic N) is 5. The van der Waals surface area contributed by atoms with E-state index in [1.54, 1.807) is 22.7 Å². The molecular formula is C18H24N6OS2. The van der Waals surface area contributed by atoms with Crippen LogP contribution in [-0.2, 0) is 13.0 Å². The van der Waals surface area contributed by atoms with Gasteiger partial charge in [-0.05, 0) is 25.8 Å². The van der Waals surface area contributed by atoms with Gasteiger partial charge in [0.2, 0.25) is 5.13 Å². The molecule has 9 heteroatoms. The zero-order valence-corrected chi connectivity index (χ0v) is 17.5. The summed E-state index contributed by atoms with van der Waals surface area (Å²) in [6, 6.07) is 0. The molecule has 7 nitrogen and oxygen atoms in total. The van der Waals surface area contributed by atoms with Crippen LogP contribution in [0.15, 0.2) is 4.79 Å². The molecule has 1 aliphatic heterocycles. The molecule has 4 heterocycles. The van der Waals surface area contributed by atoms with E-state index in [1.807, 2.05) is 13.8 Å². The highest BCUT2D eigenvalue weighted by molar-refractivity contribution is 7.18. The molecule has 144 valence electrons. The summed E-state index contributed by atoms with van der Waals surface area (Å²) in [6.07, 6.45) is 2.10. The summed E-state index contributed by atoms with van der Waals surface area (Å²) in [5.74, 6) is 0.753. The molecule has 1 fully saturated rings. The van der Waals surface area contributed by atoms with Gasteiger partial charge in [-0.25, -0.2) is 4.98 Å². The Morgan fingerprint density at radius 2 is 1.89 bits per heavy atom. The lowest BCUT2D eigenvalue weighted by Gasteiger charge is -2.33. The lowest BCUT2D eigenvalue weighted by Crippen LogP contribution is -2.46. The van der Waals surface area contributed by atoms with Crippen LogP contribution in [0.3, 0.4) is 0 Å². The standard InChI is InChI=1S/C18H24N6OS2/c1-4-5-14-21-22-18(27-14)24-8-6-23(7-9-24)10-13-19-16(25)15-11(2)12(3)26-17(15)20-13/h4-10H2,1-3H3,(H,19,20,25). The maximum absolute atomic E-state index is 12.4. The molecule has 4 rings (SSSR count). The van der Waals surface area contributed by atoms with Crippen molar-refractivity contribution in [3.63, 3.8) is 0 Å². The van der Waals surface area contributed by atoms with Gasteiger partial charge in [-0.2, -0.15) is 0 Å². The first-order chi connectivity index (χ1) is 13.0. The molecule has 0 aliphatic carbocycles. The summed E-state index contributed by atoms with van der Waals surface area (Å²) in [5, 5.41) is 11.5. The summed E-state index contributed by atoms with van der Waals surface area (Å²) >= 11 is 3.30. The highest BCUT2D eigenvalue weighted by Gasteiger charge is 2.21. The van der Waals surface area contributed by atoms with Crippen molar-refractivity contribution in [3.8, 4) is 0 Å². The van der Waals surface area contributed by atoms with Gasteiger partial charge in [0.15, 0.2) is 0 Å². The van der Waals surface area contributed by atoms with Gasteiger partial charge in [0, 0.05) is 37.5 Å². The van der Waals surface area contributed by atoms with Crippen molar-refractivity contribution in [1.82, 2.24) is 25.1 Å². The first kappa shape index (κ1) is 18.5. The molecule has 0 aromatic carbocycles. The normalized spacial score (nSPS) is 15.7. The largest absolute Gasteiger partial charge is 0.344 e. The maximum atomic E-state index is 12.4. The second-order valence-electron chi connectivity index (χ2n) is 6.97. The Labute approximate surface area is 166 Å². The van der Waals surface area contributed by atoms with E-state index < -0.39 is 0 Å². The van der Waals surface area contributed by atoms with Crippen LogP contribution in [0.4, 0.5) is 5.13 Å². The number of anilines is 1. The van der Waals surface area contributed by atoms with E-state index in [9.17, 15) is 4.79 Å². The van der Waals surface area contributed by atoms with E-state index in [1.165, 1.54) is 0 Å². The highest BCUT2D eigenvalue weighted by Crippen LogP contribution is 2.26. The molecule has 3 aromatic heterocycles. The number of aromatic nitrogens is 4. The van der Waals surface area contributed by atoms with E-state index in [4.69, 9.17) is 4.98 Å². The molecule has 0 saturated carbocycles. The molecule has 0 unspecified atom stereocenters. The highest BCUT2D eigenvalue weighted by atomic mass is 32.1. The molecule has 0 radical (unpaired) electrons. The average Bonchev–Trinajstić information content (AvgIpc) is 3.21. The molecular weight excluding hydrogens is 380 g/mol. The van der Waals surface area contributed by atoms with E-state index in [0.717, 1.165) is 75.6 Å². The number of thiophene rings is 1. The van der Waals surface area contributed by atoms with Crippen LogP contribution in [0.25, 0.3) is 10.2 Å². The minimum absolute atomic E-state index is 0.0206. The van der Waals surface area contributed by atoms with Gasteiger partial charge < -0.3 is 9.88 Å². The second-order valence-corrected chi connectivity index (χ2v) is 9.21. The molecule has 0 amide bonds. The number of rotatable bonds is 5. The zero-order chi connectivity index (χ0) is 19.0. The van der Waals surface area contributed by atoms with E-state index in [0.29, 0.717) is 6.54 Å². The van der Waals surface area contributed by atoms with E-state index >= 15 is 0 Å². The van der Waals surface area contributed by atoms with Crippen LogP contribution in [0.1, 0.15) is 34.6 Å². The van der Waals surface area contributed by atoms with Crippen molar-refractivity contribution in [2.75, 3.05) is 31.1 Å². The van der Waals surface area contributed by atoms with Gasteiger partial charge in [0.05, 0.1) is 11.9 Å². The van der Waals surface area contributed by atoms with Crippen LogP contribution in [0.5, 0.6) is 0 Å². The topological polar surface area (TPSA) is 78.0 Å².